The molecule has 1 aliphatic heterocycles. The third-order valence-electron chi connectivity index (χ3n) is 4.60. The highest BCUT2D eigenvalue weighted by Crippen LogP contribution is 2.42. The highest BCUT2D eigenvalue weighted by Gasteiger charge is 2.40. The van der Waals surface area contributed by atoms with E-state index < -0.39 is 40.6 Å². The molecule has 0 amide bonds. The molecule has 8 heteroatoms. The molecular weight excluding hydrogens is 380 g/mol. The van der Waals surface area contributed by atoms with Gasteiger partial charge in [-0.3, -0.25) is 4.79 Å². The van der Waals surface area contributed by atoms with E-state index in [1.165, 1.54) is 12.1 Å². The van der Waals surface area contributed by atoms with Crippen molar-refractivity contribution in [3.63, 3.8) is 0 Å². The number of carbonyl (C=O) groups is 2. The Labute approximate surface area is 158 Å². The Kier molecular flexibility index (Phi) is 5.40. The SMILES string of the molecule is COC(=O)C(C=O)c1c(C(F)(F)F)ccc(F)c1-c1ccc2c(c1)CCCO2. The number of hydrogen-bond acceptors (Lipinski definition) is 4. The summed E-state index contributed by atoms with van der Waals surface area (Å²) in [6.45, 7) is 0.519. The fourth-order valence-corrected chi connectivity index (χ4v) is 3.34. The molecule has 1 atom stereocenters. The Balaban J connectivity index is 2.31. The Bertz CT molecular complexity index is 921. The number of rotatable bonds is 4. The Hall–Kier alpha value is -2.90. The predicted octanol–water partition coefficient (Wildman–Crippen LogP) is 4.29. The van der Waals surface area contributed by atoms with Crippen molar-refractivity contribution in [3.05, 3.63) is 52.8 Å². The summed E-state index contributed by atoms with van der Waals surface area (Å²) in [5.74, 6) is -3.52. The highest BCUT2D eigenvalue weighted by molar-refractivity contribution is 5.97. The van der Waals surface area contributed by atoms with E-state index in [1.807, 2.05) is 0 Å². The van der Waals surface area contributed by atoms with Gasteiger partial charge in [0, 0.05) is 5.56 Å². The molecular formula is C20H16F4O4. The van der Waals surface area contributed by atoms with Crippen LogP contribution in [0, 0.1) is 5.82 Å². The first-order chi connectivity index (χ1) is 13.3. The predicted molar refractivity (Wildman–Crippen MR) is 91.5 cm³/mol. The lowest BCUT2D eigenvalue weighted by Gasteiger charge is -2.22. The number of methoxy groups -OCH3 is 1. The van der Waals surface area contributed by atoms with Crippen LogP contribution in [0.4, 0.5) is 17.6 Å². The summed E-state index contributed by atoms with van der Waals surface area (Å²) in [5.41, 5.74) is -1.64. The average Bonchev–Trinajstić information content (AvgIpc) is 2.67. The van der Waals surface area contributed by atoms with Crippen LogP contribution in [0.25, 0.3) is 11.1 Å². The van der Waals surface area contributed by atoms with Gasteiger partial charge in [0.15, 0.2) is 0 Å². The highest BCUT2D eigenvalue weighted by atomic mass is 19.4. The van der Waals surface area contributed by atoms with Gasteiger partial charge < -0.3 is 14.3 Å². The van der Waals surface area contributed by atoms with E-state index in [1.54, 1.807) is 6.07 Å². The Morgan fingerprint density at radius 1 is 1.25 bits per heavy atom. The van der Waals surface area contributed by atoms with Crippen molar-refractivity contribution < 1.29 is 36.6 Å². The van der Waals surface area contributed by atoms with Crippen molar-refractivity contribution in [2.75, 3.05) is 13.7 Å². The largest absolute Gasteiger partial charge is 0.493 e. The molecule has 0 bridgehead atoms. The van der Waals surface area contributed by atoms with Crippen molar-refractivity contribution in [1.29, 1.82) is 0 Å². The fourth-order valence-electron chi connectivity index (χ4n) is 3.34. The van der Waals surface area contributed by atoms with E-state index in [4.69, 9.17) is 4.74 Å². The molecule has 0 saturated carbocycles. The maximum atomic E-state index is 14.7. The van der Waals surface area contributed by atoms with Gasteiger partial charge in [0.1, 0.15) is 23.8 Å². The van der Waals surface area contributed by atoms with E-state index >= 15 is 0 Å². The summed E-state index contributed by atoms with van der Waals surface area (Å²) >= 11 is 0. The zero-order chi connectivity index (χ0) is 20.5. The second kappa shape index (κ2) is 7.61. The molecule has 0 N–H and O–H groups in total. The third-order valence-corrected chi connectivity index (χ3v) is 4.60. The summed E-state index contributed by atoms with van der Waals surface area (Å²) in [7, 11) is 0.946. The van der Waals surface area contributed by atoms with Gasteiger partial charge in [-0.05, 0) is 53.8 Å². The molecule has 0 aliphatic carbocycles. The van der Waals surface area contributed by atoms with Gasteiger partial charge in [0.2, 0.25) is 0 Å². The van der Waals surface area contributed by atoms with Gasteiger partial charge in [-0.25, -0.2) is 4.39 Å². The minimum absolute atomic E-state index is 0.0286. The summed E-state index contributed by atoms with van der Waals surface area (Å²) in [5, 5.41) is 0. The average molecular weight is 396 g/mol. The lowest BCUT2D eigenvalue weighted by atomic mass is 9.85. The first-order valence-corrected chi connectivity index (χ1v) is 8.46. The van der Waals surface area contributed by atoms with Crippen LogP contribution >= 0.6 is 0 Å². The number of halogens is 4. The number of fused-ring (bicyclic) bond motifs is 1. The van der Waals surface area contributed by atoms with Crippen LogP contribution < -0.4 is 4.74 Å². The molecule has 28 heavy (non-hydrogen) atoms. The van der Waals surface area contributed by atoms with Gasteiger partial charge in [-0.1, -0.05) is 6.07 Å². The molecule has 2 aromatic rings. The van der Waals surface area contributed by atoms with Crippen LogP contribution in [0.2, 0.25) is 0 Å². The lowest BCUT2D eigenvalue weighted by Crippen LogP contribution is -2.22. The van der Waals surface area contributed by atoms with Crippen LogP contribution in [0.5, 0.6) is 5.75 Å². The number of aryl methyl sites for hydroxylation is 1. The van der Waals surface area contributed by atoms with Crippen molar-refractivity contribution in [2.45, 2.75) is 24.9 Å². The maximum absolute atomic E-state index is 14.7. The number of alkyl halides is 3. The molecule has 0 aromatic heterocycles. The van der Waals surface area contributed by atoms with E-state index in [-0.39, 0.29) is 11.8 Å². The fraction of sp³-hybridized carbons (Fsp3) is 0.300. The maximum Gasteiger partial charge on any atom is 0.416 e. The third kappa shape index (κ3) is 3.58. The summed E-state index contributed by atoms with van der Waals surface area (Å²) < 4.78 is 65.5. The number of esters is 1. The van der Waals surface area contributed by atoms with Crippen LogP contribution in [0.3, 0.4) is 0 Å². The van der Waals surface area contributed by atoms with Crippen molar-refractivity contribution in [1.82, 2.24) is 0 Å². The first kappa shape index (κ1) is 19.9. The number of ether oxygens (including phenoxy) is 2. The van der Waals surface area contributed by atoms with E-state index in [0.717, 1.165) is 7.11 Å². The monoisotopic (exact) mass is 396 g/mol. The van der Waals surface area contributed by atoms with Crippen molar-refractivity contribution >= 4 is 12.3 Å². The summed E-state index contributed by atoms with van der Waals surface area (Å²) in [6, 6.07) is 5.67. The minimum Gasteiger partial charge on any atom is -0.493 e. The molecule has 0 fully saturated rings. The minimum atomic E-state index is -4.90. The normalized spacial score (nSPS) is 14.6. The van der Waals surface area contributed by atoms with Crippen molar-refractivity contribution in [2.24, 2.45) is 0 Å². The molecule has 148 valence electrons. The lowest BCUT2D eigenvalue weighted by molar-refractivity contribution is -0.145. The van der Waals surface area contributed by atoms with Crippen LogP contribution in [0.15, 0.2) is 30.3 Å². The molecule has 0 radical (unpaired) electrons. The van der Waals surface area contributed by atoms with Gasteiger partial charge in [-0.2, -0.15) is 13.2 Å². The molecule has 1 unspecified atom stereocenters. The van der Waals surface area contributed by atoms with Gasteiger partial charge in [0.25, 0.3) is 0 Å². The molecule has 3 rings (SSSR count). The van der Waals surface area contributed by atoms with Crippen LogP contribution in [-0.2, 0) is 26.9 Å². The second-order valence-corrected chi connectivity index (χ2v) is 6.29. The molecule has 0 saturated heterocycles. The number of aldehydes is 1. The van der Waals surface area contributed by atoms with Gasteiger partial charge in [-0.15, -0.1) is 0 Å². The van der Waals surface area contributed by atoms with E-state index in [0.29, 0.717) is 42.9 Å². The smallest absolute Gasteiger partial charge is 0.416 e. The first-order valence-electron chi connectivity index (χ1n) is 8.46. The molecule has 2 aromatic carbocycles. The molecule has 0 spiro atoms. The summed E-state index contributed by atoms with van der Waals surface area (Å²) in [4.78, 5) is 23.5. The summed E-state index contributed by atoms with van der Waals surface area (Å²) in [6.07, 6.45) is -3.54. The topological polar surface area (TPSA) is 52.6 Å². The quantitative estimate of drug-likeness (QED) is 0.335. The zero-order valence-electron chi connectivity index (χ0n) is 14.8. The second-order valence-electron chi connectivity index (χ2n) is 6.29. The van der Waals surface area contributed by atoms with E-state index in [2.05, 4.69) is 4.74 Å². The van der Waals surface area contributed by atoms with Gasteiger partial charge >= 0.3 is 12.1 Å². The number of benzene rings is 2. The van der Waals surface area contributed by atoms with Crippen LogP contribution in [0.1, 0.15) is 29.0 Å². The number of hydrogen-bond donors (Lipinski definition) is 0. The van der Waals surface area contributed by atoms with E-state index in [9.17, 15) is 27.2 Å². The molecule has 1 aliphatic rings. The Morgan fingerprint density at radius 2 is 2.00 bits per heavy atom. The standard InChI is InChI=1S/C20H16F4O4/c1-27-19(26)13(10-25)18-14(20(22,23)24)5-6-15(21)17(18)12-4-7-16-11(9-12)3-2-8-28-16/h4-7,9-10,13H,2-3,8H2,1H3. The molecule has 4 nitrogen and oxygen atoms in total. The Morgan fingerprint density at radius 3 is 2.64 bits per heavy atom. The molecule has 1 heterocycles. The van der Waals surface area contributed by atoms with Crippen LogP contribution in [-0.4, -0.2) is 26.0 Å². The van der Waals surface area contributed by atoms with Gasteiger partial charge in [0.05, 0.1) is 19.3 Å². The van der Waals surface area contributed by atoms with Crippen molar-refractivity contribution in [3.8, 4) is 16.9 Å². The number of carbonyl (C=O) groups excluding carboxylic acids is 2. The zero-order valence-corrected chi connectivity index (χ0v) is 14.8.